The van der Waals surface area contributed by atoms with Crippen LogP contribution in [0.5, 0.6) is 0 Å². The van der Waals surface area contributed by atoms with Gasteiger partial charge in [0.2, 0.25) is 5.91 Å². The number of hydrogen-bond acceptors (Lipinski definition) is 5. The number of carbonyl (C=O) groups is 1. The van der Waals surface area contributed by atoms with Crippen molar-refractivity contribution >= 4 is 42.1 Å². The maximum atomic E-state index is 12.5. The number of carbonyl (C=O) groups excluding carboxylic acids is 1. The Hall–Kier alpha value is -0.870. The van der Waals surface area contributed by atoms with E-state index in [0.717, 1.165) is 43.1 Å². The summed E-state index contributed by atoms with van der Waals surface area (Å²) in [6.07, 6.45) is 2.53. The van der Waals surface area contributed by atoms with Crippen LogP contribution in [-0.2, 0) is 4.79 Å². The van der Waals surface area contributed by atoms with Gasteiger partial charge in [0.25, 0.3) is 0 Å². The molecule has 1 N–H and O–H groups in total. The standard InChI is InChI=1S/C14H18N4OS.2ClH/c1-9-17-13(8-20-9)10-5-12(16-7-10)14(19)18-4-2-3-11(18)6-15;;/h8,10-12,16H,2-5,7H2,1H3;2*1H/t10-,11?,12-;;/m0../s1. The van der Waals surface area contributed by atoms with Crippen molar-refractivity contribution in [2.75, 3.05) is 13.1 Å². The third kappa shape index (κ3) is 3.72. The molecule has 22 heavy (non-hydrogen) atoms. The molecule has 2 aliphatic heterocycles. The Bertz CT molecular complexity index is 559. The molecule has 2 fully saturated rings. The molecular weight excluding hydrogens is 343 g/mol. The number of aryl methyl sites for hydroxylation is 1. The molecule has 2 aliphatic rings. The van der Waals surface area contributed by atoms with Gasteiger partial charge in [-0.25, -0.2) is 4.98 Å². The summed E-state index contributed by atoms with van der Waals surface area (Å²) < 4.78 is 0. The fourth-order valence-electron chi connectivity index (χ4n) is 3.08. The summed E-state index contributed by atoms with van der Waals surface area (Å²) in [6.45, 7) is 3.52. The molecule has 0 aliphatic carbocycles. The van der Waals surface area contributed by atoms with Crippen LogP contribution < -0.4 is 5.32 Å². The number of nitriles is 1. The predicted molar refractivity (Wildman–Crippen MR) is 90.8 cm³/mol. The van der Waals surface area contributed by atoms with Gasteiger partial charge >= 0.3 is 0 Å². The quantitative estimate of drug-likeness (QED) is 0.875. The Balaban J connectivity index is 0.00000121. The number of nitrogens with zero attached hydrogens (tertiary/aromatic N) is 3. The Morgan fingerprint density at radius 1 is 1.55 bits per heavy atom. The second kappa shape index (κ2) is 8.11. The van der Waals surface area contributed by atoms with Crippen LogP contribution in [0.1, 0.15) is 35.9 Å². The smallest absolute Gasteiger partial charge is 0.240 e. The highest BCUT2D eigenvalue weighted by Crippen LogP contribution is 2.28. The fourth-order valence-corrected chi connectivity index (χ4v) is 3.78. The zero-order valence-electron chi connectivity index (χ0n) is 12.3. The van der Waals surface area contributed by atoms with Crippen LogP contribution in [0.2, 0.25) is 0 Å². The summed E-state index contributed by atoms with van der Waals surface area (Å²) in [5, 5.41) is 15.5. The first-order valence-electron chi connectivity index (χ1n) is 7.04. The molecule has 2 saturated heterocycles. The van der Waals surface area contributed by atoms with E-state index in [4.69, 9.17) is 5.26 Å². The van der Waals surface area contributed by atoms with E-state index in [-0.39, 0.29) is 42.8 Å². The molecule has 0 saturated carbocycles. The molecule has 1 unspecified atom stereocenters. The normalized spacial score (nSPS) is 26.9. The SMILES string of the molecule is Cc1nc([C@@H]2CN[C@H](C(=O)N3CCCC3C#N)C2)cs1.Cl.Cl. The maximum Gasteiger partial charge on any atom is 0.240 e. The number of aromatic nitrogens is 1. The minimum Gasteiger partial charge on any atom is -0.325 e. The lowest BCUT2D eigenvalue weighted by Gasteiger charge is -2.23. The number of rotatable bonds is 2. The van der Waals surface area contributed by atoms with Gasteiger partial charge in [0.15, 0.2) is 0 Å². The molecule has 0 bridgehead atoms. The molecule has 8 heteroatoms. The number of hydrogen-bond donors (Lipinski definition) is 1. The van der Waals surface area contributed by atoms with Gasteiger partial charge in [-0.3, -0.25) is 4.79 Å². The molecule has 1 aromatic rings. The molecular formula is C14H20Cl2N4OS. The first-order valence-corrected chi connectivity index (χ1v) is 7.92. The van der Waals surface area contributed by atoms with Gasteiger partial charge in [0.1, 0.15) is 6.04 Å². The lowest BCUT2D eigenvalue weighted by molar-refractivity contribution is -0.133. The van der Waals surface area contributed by atoms with Gasteiger partial charge < -0.3 is 10.2 Å². The number of amides is 1. The van der Waals surface area contributed by atoms with Crippen LogP contribution in [-0.4, -0.2) is 41.0 Å². The topological polar surface area (TPSA) is 69.0 Å². The zero-order valence-corrected chi connectivity index (χ0v) is 14.8. The molecule has 0 radical (unpaired) electrons. The molecule has 0 aromatic carbocycles. The average molecular weight is 363 g/mol. The van der Waals surface area contributed by atoms with Gasteiger partial charge in [0, 0.05) is 24.4 Å². The third-order valence-corrected chi connectivity index (χ3v) is 4.96. The molecule has 5 nitrogen and oxygen atoms in total. The van der Waals surface area contributed by atoms with Crippen LogP contribution in [0.4, 0.5) is 0 Å². The van der Waals surface area contributed by atoms with Crippen molar-refractivity contribution < 1.29 is 4.79 Å². The molecule has 122 valence electrons. The van der Waals surface area contributed by atoms with Crippen molar-refractivity contribution in [3.8, 4) is 6.07 Å². The summed E-state index contributed by atoms with van der Waals surface area (Å²) in [5.74, 6) is 0.403. The molecule has 1 amide bonds. The largest absolute Gasteiger partial charge is 0.325 e. The van der Waals surface area contributed by atoms with Gasteiger partial charge in [0.05, 0.1) is 22.8 Å². The second-order valence-electron chi connectivity index (χ2n) is 5.50. The summed E-state index contributed by atoms with van der Waals surface area (Å²) in [6, 6.07) is 1.84. The van der Waals surface area contributed by atoms with Crippen LogP contribution >= 0.6 is 36.2 Å². The molecule has 3 rings (SSSR count). The number of likely N-dealkylation sites (tertiary alicyclic amines) is 1. The van der Waals surface area contributed by atoms with E-state index in [2.05, 4.69) is 21.8 Å². The highest BCUT2D eigenvalue weighted by molar-refractivity contribution is 7.09. The lowest BCUT2D eigenvalue weighted by Crippen LogP contribution is -2.45. The van der Waals surface area contributed by atoms with Crippen LogP contribution in [0.15, 0.2) is 5.38 Å². The molecule has 3 atom stereocenters. The van der Waals surface area contributed by atoms with Crippen LogP contribution in [0, 0.1) is 18.3 Å². The molecule has 1 aromatic heterocycles. The fraction of sp³-hybridized carbons (Fsp3) is 0.643. The van der Waals surface area contributed by atoms with E-state index < -0.39 is 0 Å². The minimum absolute atomic E-state index is 0. The van der Waals surface area contributed by atoms with E-state index in [1.165, 1.54) is 0 Å². The first-order chi connectivity index (χ1) is 9.69. The van der Waals surface area contributed by atoms with E-state index in [0.29, 0.717) is 5.92 Å². The minimum atomic E-state index is -0.232. The van der Waals surface area contributed by atoms with E-state index in [1.54, 1.807) is 16.2 Å². The van der Waals surface area contributed by atoms with E-state index >= 15 is 0 Å². The Labute approximate surface area is 146 Å². The monoisotopic (exact) mass is 362 g/mol. The van der Waals surface area contributed by atoms with Crippen molar-refractivity contribution in [1.82, 2.24) is 15.2 Å². The van der Waals surface area contributed by atoms with Crippen LogP contribution in [0.3, 0.4) is 0 Å². The first kappa shape index (κ1) is 19.2. The second-order valence-corrected chi connectivity index (χ2v) is 6.57. The van der Waals surface area contributed by atoms with Gasteiger partial charge in [-0.1, -0.05) is 0 Å². The highest BCUT2D eigenvalue weighted by Gasteiger charge is 2.37. The van der Waals surface area contributed by atoms with Gasteiger partial charge in [-0.15, -0.1) is 36.2 Å². The Morgan fingerprint density at radius 3 is 2.95 bits per heavy atom. The lowest BCUT2D eigenvalue weighted by atomic mass is 10.0. The van der Waals surface area contributed by atoms with Gasteiger partial charge in [-0.05, 0) is 26.2 Å². The van der Waals surface area contributed by atoms with Gasteiger partial charge in [-0.2, -0.15) is 5.26 Å². The van der Waals surface area contributed by atoms with E-state index in [1.807, 2.05) is 6.92 Å². The maximum absolute atomic E-state index is 12.5. The van der Waals surface area contributed by atoms with Crippen molar-refractivity contribution in [2.24, 2.45) is 0 Å². The average Bonchev–Trinajstić information content (AvgIpc) is 3.17. The van der Waals surface area contributed by atoms with Crippen molar-refractivity contribution in [2.45, 2.75) is 44.2 Å². The molecule has 0 spiro atoms. The van der Waals surface area contributed by atoms with Crippen molar-refractivity contribution in [3.05, 3.63) is 16.1 Å². The van der Waals surface area contributed by atoms with Crippen LogP contribution in [0.25, 0.3) is 0 Å². The number of nitrogens with one attached hydrogen (secondary N) is 1. The predicted octanol–water partition coefficient (Wildman–Crippen LogP) is 2.26. The highest BCUT2D eigenvalue weighted by atomic mass is 35.5. The summed E-state index contributed by atoms with van der Waals surface area (Å²) in [5.41, 5.74) is 1.09. The third-order valence-electron chi connectivity index (χ3n) is 4.17. The Morgan fingerprint density at radius 2 is 2.32 bits per heavy atom. The molecule has 3 heterocycles. The van der Waals surface area contributed by atoms with E-state index in [9.17, 15) is 4.79 Å². The number of halogens is 2. The number of thiazole rings is 1. The van der Waals surface area contributed by atoms with Crippen molar-refractivity contribution in [3.63, 3.8) is 0 Å². The van der Waals surface area contributed by atoms with Crippen molar-refractivity contribution in [1.29, 1.82) is 5.26 Å². The summed E-state index contributed by atoms with van der Waals surface area (Å²) in [4.78, 5) is 18.8. The summed E-state index contributed by atoms with van der Waals surface area (Å²) >= 11 is 1.65. The Kier molecular flexibility index (Phi) is 7.07. The summed E-state index contributed by atoms with van der Waals surface area (Å²) in [7, 11) is 0. The zero-order chi connectivity index (χ0) is 14.1.